The van der Waals surface area contributed by atoms with E-state index in [1.807, 2.05) is 0 Å². The number of unbranched alkanes of at least 4 members (excludes halogenated alkanes) is 5. The van der Waals surface area contributed by atoms with Crippen LogP contribution in [0, 0.1) is 36.0 Å². The number of rotatable bonds is 5. The Balaban J connectivity index is 3.24. The second kappa shape index (κ2) is 10.7. The average Bonchev–Trinajstić information content (AvgIpc) is 2.16. The summed E-state index contributed by atoms with van der Waals surface area (Å²) >= 11 is 0. The molecule has 68 valence electrons. The zero-order valence-electron chi connectivity index (χ0n) is 8.32. The van der Waals surface area contributed by atoms with Crippen molar-refractivity contribution < 1.29 is 0 Å². The summed E-state index contributed by atoms with van der Waals surface area (Å²) in [5.41, 5.74) is 0. The van der Waals surface area contributed by atoms with Crippen LogP contribution in [0.3, 0.4) is 0 Å². The van der Waals surface area contributed by atoms with E-state index in [1.54, 1.807) is 0 Å². The minimum atomic E-state index is 0.947. The van der Waals surface area contributed by atoms with E-state index in [4.69, 9.17) is 6.42 Å². The molecule has 0 fully saturated rings. The fourth-order valence-electron chi connectivity index (χ4n) is 0.991. The second-order valence-corrected chi connectivity index (χ2v) is 2.86. The van der Waals surface area contributed by atoms with Crippen LogP contribution in [-0.4, -0.2) is 0 Å². The molecule has 0 saturated carbocycles. The summed E-state index contributed by atoms with van der Waals surface area (Å²) in [7, 11) is 0. The van der Waals surface area contributed by atoms with Gasteiger partial charge >= 0.3 is 0 Å². The normalized spacial score (nSPS) is 7.38. The Kier molecular flexibility index (Phi) is 9.60. The molecule has 0 atom stereocenters. The van der Waals surface area contributed by atoms with E-state index >= 15 is 0 Å². The third kappa shape index (κ3) is 10.7. The molecule has 0 radical (unpaired) electrons. The lowest BCUT2D eigenvalue weighted by atomic mass is 10.1. The Morgan fingerprint density at radius 1 is 0.923 bits per heavy atom. The standard InChI is InChI=1S/C13H16/c1-3-5-7-9-11-13-12-10-8-6-4-2/h1H,4,6,8,10,12-13H2,2H3. The smallest absolute Gasteiger partial charge is 0.00989 e. The van der Waals surface area contributed by atoms with E-state index in [0.29, 0.717) is 0 Å². The fourth-order valence-corrected chi connectivity index (χ4v) is 0.991. The minimum absolute atomic E-state index is 0.947. The summed E-state index contributed by atoms with van der Waals surface area (Å²) in [5.74, 6) is 13.0. The summed E-state index contributed by atoms with van der Waals surface area (Å²) in [4.78, 5) is 0. The van der Waals surface area contributed by atoms with E-state index in [9.17, 15) is 0 Å². The molecule has 0 saturated heterocycles. The zero-order valence-corrected chi connectivity index (χ0v) is 8.32. The molecule has 0 aromatic rings. The van der Waals surface area contributed by atoms with Crippen LogP contribution in [0.25, 0.3) is 0 Å². The van der Waals surface area contributed by atoms with Gasteiger partial charge in [-0.25, -0.2) is 0 Å². The lowest BCUT2D eigenvalue weighted by molar-refractivity contribution is 0.641. The molecule has 0 spiro atoms. The van der Waals surface area contributed by atoms with Crippen LogP contribution in [0.15, 0.2) is 0 Å². The SMILES string of the molecule is C#CC#CC#CCCCCCCC. The average molecular weight is 172 g/mol. The van der Waals surface area contributed by atoms with Crippen molar-refractivity contribution in [1.82, 2.24) is 0 Å². The maximum Gasteiger partial charge on any atom is 0.00989 e. The van der Waals surface area contributed by atoms with Gasteiger partial charge < -0.3 is 0 Å². The van der Waals surface area contributed by atoms with E-state index < -0.39 is 0 Å². The molecular formula is C13H16. The molecule has 0 aliphatic carbocycles. The predicted molar refractivity (Wildman–Crippen MR) is 57.8 cm³/mol. The van der Waals surface area contributed by atoms with Gasteiger partial charge in [0.25, 0.3) is 0 Å². The van der Waals surface area contributed by atoms with Crippen molar-refractivity contribution in [2.75, 3.05) is 0 Å². The van der Waals surface area contributed by atoms with E-state index in [-0.39, 0.29) is 0 Å². The van der Waals surface area contributed by atoms with Crippen molar-refractivity contribution in [3.8, 4) is 36.0 Å². The first-order valence-electron chi connectivity index (χ1n) is 4.85. The van der Waals surface area contributed by atoms with E-state index in [2.05, 4.69) is 36.5 Å². The third-order valence-corrected chi connectivity index (χ3v) is 1.69. The number of terminal acetylenes is 1. The highest BCUT2D eigenvalue weighted by atomic mass is 13.9. The first-order chi connectivity index (χ1) is 6.41. The summed E-state index contributed by atoms with van der Waals surface area (Å²) in [6, 6.07) is 0. The van der Waals surface area contributed by atoms with Crippen molar-refractivity contribution in [3.05, 3.63) is 0 Å². The van der Waals surface area contributed by atoms with Gasteiger partial charge in [-0.3, -0.25) is 0 Å². The Morgan fingerprint density at radius 2 is 1.69 bits per heavy atom. The van der Waals surface area contributed by atoms with Crippen LogP contribution in [0.1, 0.15) is 45.4 Å². The lowest BCUT2D eigenvalue weighted by Gasteiger charge is -1.93. The highest BCUT2D eigenvalue weighted by molar-refractivity contribution is 5.33. The topological polar surface area (TPSA) is 0 Å². The predicted octanol–water partition coefficient (Wildman–Crippen LogP) is 2.99. The van der Waals surface area contributed by atoms with Crippen molar-refractivity contribution in [2.45, 2.75) is 45.4 Å². The maximum absolute atomic E-state index is 4.93. The quantitative estimate of drug-likeness (QED) is 0.442. The molecule has 13 heavy (non-hydrogen) atoms. The van der Waals surface area contributed by atoms with Crippen LogP contribution in [0.2, 0.25) is 0 Å². The summed E-state index contributed by atoms with van der Waals surface area (Å²) in [5, 5.41) is 0. The second-order valence-electron chi connectivity index (χ2n) is 2.86. The Bertz CT molecular complexity index is 256. The zero-order chi connectivity index (χ0) is 9.78. The van der Waals surface area contributed by atoms with Crippen molar-refractivity contribution in [1.29, 1.82) is 0 Å². The summed E-state index contributed by atoms with van der Waals surface area (Å²) < 4.78 is 0. The molecule has 0 heterocycles. The van der Waals surface area contributed by atoms with Crippen LogP contribution >= 0.6 is 0 Å². The Labute approximate surface area is 82.1 Å². The molecule has 0 N–H and O–H groups in total. The third-order valence-electron chi connectivity index (χ3n) is 1.69. The van der Waals surface area contributed by atoms with Gasteiger partial charge in [0.2, 0.25) is 0 Å². The van der Waals surface area contributed by atoms with Crippen LogP contribution in [-0.2, 0) is 0 Å². The number of hydrogen-bond donors (Lipinski definition) is 0. The summed E-state index contributed by atoms with van der Waals surface area (Å²) in [6.45, 7) is 2.22. The van der Waals surface area contributed by atoms with Gasteiger partial charge in [-0.2, -0.15) is 0 Å². The van der Waals surface area contributed by atoms with Crippen molar-refractivity contribution in [3.63, 3.8) is 0 Å². The Morgan fingerprint density at radius 3 is 2.38 bits per heavy atom. The molecule has 0 nitrogen and oxygen atoms in total. The van der Waals surface area contributed by atoms with Gasteiger partial charge in [-0.1, -0.05) is 38.5 Å². The van der Waals surface area contributed by atoms with E-state index in [1.165, 1.54) is 32.1 Å². The molecule has 0 heteroatoms. The first-order valence-corrected chi connectivity index (χ1v) is 4.85. The number of hydrogen-bond acceptors (Lipinski definition) is 0. The first kappa shape index (κ1) is 11.7. The lowest BCUT2D eigenvalue weighted by Crippen LogP contribution is -1.75. The minimum Gasteiger partial charge on any atom is -0.106 e. The van der Waals surface area contributed by atoms with Gasteiger partial charge in [0, 0.05) is 6.42 Å². The highest BCUT2D eigenvalue weighted by Gasteiger charge is 1.85. The van der Waals surface area contributed by atoms with Crippen molar-refractivity contribution >= 4 is 0 Å². The van der Waals surface area contributed by atoms with Gasteiger partial charge in [-0.15, -0.1) is 6.42 Å². The highest BCUT2D eigenvalue weighted by Crippen LogP contribution is 2.03. The molecule has 0 bridgehead atoms. The van der Waals surface area contributed by atoms with Crippen molar-refractivity contribution in [2.24, 2.45) is 0 Å². The summed E-state index contributed by atoms with van der Waals surface area (Å²) in [6.07, 6.45) is 12.3. The molecule has 0 aliphatic heterocycles. The molecule has 0 amide bonds. The van der Waals surface area contributed by atoms with Crippen LogP contribution < -0.4 is 0 Å². The fraction of sp³-hybridized carbons (Fsp3) is 0.538. The van der Waals surface area contributed by atoms with Gasteiger partial charge in [0.15, 0.2) is 0 Å². The largest absolute Gasteiger partial charge is 0.106 e. The molecule has 0 aliphatic rings. The molecule has 0 unspecified atom stereocenters. The van der Waals surface area contributed by atoms with Crippen LogP contribution in [0.4, 0.5) is 0 Å². The molecule has 0 rings (SSSR count). The van der Waals surface area contributed by atoms with Gasteiger partial charge in [-0.05, 0) is 30.1 Å². The Hall–Kier alpha value is -1.32. The monoisotopic (exact) mass is 172 g/mol. The maximum atomic E-state index is 4.93. The molecule has 0 aromatic carbocycles. The van der Waals surface area contributed by atoms with Gasteiger partial charge in [0.1, 0.15) is 0 Å². The molecular weight excluding hydrogens is 156 g/mol. The van der Waals surface area contributed by atoms with E-state index in [0.717, 1.165) is 6.42 Å². The molecule has 0 aromatic heterocycles. The van der Waals surface area contributed by atoms with Crippen LogP contribution in [0.5, 0.6) is 0 Å². The van der Waals surface area contributed by atoms with Gasteiger partial charge in [0.05, 0.1) is 0 Å².